The van der Waals surface area contributed by atoms with E-state index in [0.29, 0.717) is 0 Å². The van der Waals surface area contributed by atoms with Crippen LogP contribution < -0.4 is 10.6 Å². The molecule has 4 nitrogen and oxygen atoms in total. The van der Waals surface area contributed by atoms with E-state index in [0.717, 1.165) is 12.8 Å². The Morgan fingerprint density at radius 2 is 1.85 bits per heavy atom. The van der Waals surface area contributed by atoms with Gasteiger partial charge in [-0.3, -0.25) is 9.59 Å². The molecule has 1 saturated carbocycles. The normalized spacial score (nSPS) is 14.8. The van der Waals surface area contributed by atoms with E-state index >= 15 is 0 Å². The molecule has 108 valence electrons. The number of carbonyl (C=O) groups is 2. The summed E-state index contributed by atoms with van der Waals surface area (Å²) in [5.74, 6) is -1.13. The van der Waals surface area contributed by atoms with Crippen molar-refractivity contribution in [3.8, 4) is 0 Å². The minimum Gasteiger partial charge on any atom is -0.343 e. The fourth-order valence-electron chi connectivity index (χ4n) is 1.65. The summed E-state index contributed by atoms with van der Waals surface area (Å²) in [7, 11) is 0. The first-order valence-corrected chi connectivity index (χ1v) is 6.11. The molecule has 7 heteroatoms. The van der Waals surface area contributed by atoms with Crippen LogP contribution in [0.3, 0.4) is 0 Å². The van der Waals surface area contributed by atoms with Gasteiger partial charge in [0.25, 0.3) is 5.91 Å². The number of nitrogens with one attached hydrogen (secondary N) is 2. The van der Waals surface area contributed by atoms with Gasteiger partial charge < -0.3 is 10.6 Å². The molecule has 2 N–H and O–H groups in total. The van der Waals surface area contributed by atoms with Gasteiger partial charge in [-0.2, -0.15) is 13.2 Å². The first-order chi connectivity index (χ1) is 9.37. The molecule has 0 atom stereocenters. The van der Waals surface area contributed by atoms with Gasteiger partial charge in [0.1, 0.15) is 6.54 Å². The molecule has 0 radical (unpaired) electrons. The van der Waals surface area contributed by atoms with Crippen molar-refractivity contribution < 1.29 is 22.8 Å². The maximum Gasteiger partial charge on any atom is 0.405 e. The predicted molar refractivity (Wildman–Crippen MR) is 66.2 cm³/mol. The van der Waals surface area contributed by atoms with Crippen LogP contribution in [-0.4, -0.2) is 24.5 Å². The monoisotopic (exact) mass is 286 g/mol. The van der Waals surface area contributed by atoms with Gasteiger partial charge in [0.15, 0.2) is 0 Å². The summed E-state index contributed by atoms with van der Waals surface area (Å²) in [6, 6.07) is 5.98. The lowest BCUT2D eigenvalue weighted by molar-refractivity contribution is -0.123. The van der Waals surface area contributed by atoms with E-state index in [1.54, 1.807) is 11.4 Å². The van der Waals surface area contributed by atoms with Crippen molar-refractivity contribution in [3.05, 3.63) is 29.8 Å². The molecule has 0 spiro atoms. The number of carbonyl (C=O) groups excluding carboxylic acids is 2. The Kier molecular flexibility index (Phi) is 3.96. The van der Waals surface area contributed by atoms with Gasteiger partial charge in [-0.1, -0.05) is 12.1 Å². The fourth-order valence-corrected chi connectivity index (χ4v) is 1.65. The topological polar surface area (TPSA) is 58.2 Å². The van der Waals surface area contributed by atoms with Gasteiger partial charge in [-0.15, -0.1) is 0 Å². The van der Waals surface area contributed by atoms with E-state index in [1.807, 2.05) is 0 Å². The van der Waals surface area contributed by atoms with Gasteiger partial charge in [-0.25, -0.2) is 0 Å². The number of amides is 2. The Morgan fingerprint density at radius 1 is 1.20 bits per heavy atom. The number of halogens is 3. The summed E-state index contributed by atoms with van der Waals surface area (Å²) in [5.41, 5.74) is 0.245. The van der Waals surface area contributed by atoms with Crippen LogP contribution >= 0.6 is 0 Å². The van der Waals surface area contributed by atoms with E-state index in [-0.39, 0.29) is 23.1 Å². The van der Waals surface area contributed by atoms with E-state index in [4.69, 9.17) is 0 Å². The first-order valence-electron chi connectivity index (χ1n) is 6.11. The Hall–Kier alpha value is -2.05. The highest BCUT2D eigenvalue weighted by Crippen LogP contribution is 2.30. The summed E-state index contributed by atoms with van der Waals surface area (Å²) in [6.45, 7) is -1.41. The lowest BCUT2D eigenvalue weighted by Gasteiger charge is -2.12. The van der Waals surface area contributed by atoms with E-state index in [2.05, 4.69) is 5.32 Å². The molecule has 1 aromatic rings. The Labute approximate surface area is 113 Å². The van der Waals surface area contributed by atoms with Crippen LogP contribution in [0.5, 0.6) is 0 Å². The van der Waals surface area contributed by atoms with E-state index < -0.39 is 18.6 Å². The smallest absolute Gasteiger partial charge is 0.343 e. The SMILES string of the molecule is O=C(NCC(F)(F)F)c1ccccc1NC(=O)C1CC1. The Balaban J connectivity index is 2.06. The van der Waals surface area contributed by atoms with Crippen molar-refractivity contribution >= 4 is 17.5 Å². The van der Waals surface area contributed by atoms with Gasteiger partial charge in [-0.05, 0) is 25.0 Å². The van der Waals surface area contributed by atoms with Crippen molar-refractivity contribution in [2.75, 3.05) is 11.9 Å². The van der Waals surface area contributed by atoms with Crippen LogP contribution in [0.15, 0.2) is 24.3 Å². The molecule has 20 heavy (non-hydrogen) atoms. The second kappa shape index (κ2) is 5.52. The number of para-hydroxylation sites is 1. The van der Waals surface area contributed by atoms with Crippen molar-refractivity contribution in [2.24, 2.45) is 5.92 Å². The molecule has 1 aliphatic rings. The summed E-state index contributed by atoms with van der Waals surface area (Å²) in [5, 5.41) is 4.35. The highest BCUT2D eigenvalue weighted by molar-refractivity contribution is 6.04. The molecule has 1 aliphatic carbocycles. The molecule has 0 aliphatic heterocycles. The zero-order valence-corrected chi connectivity index (χ0v) is 10.5. The van der Waals surface area contributed by atoms with Crippen LogP contribution in [0.25, 0.3) is 0 Å². The molecule has 1 fully saturated rings. The highest BCUT2D eigenvalue weighted by atomic mass is 19.4. The number of alkyl halides is 3. The third-order valence-corrected chi connectivity index (χ3v) is 2.83. The van der Waals surface area contributed by atoms with E-state index in [1.165, 1.54) is 18.2 Å². The predicted octanol–water partition coefficient (Wildman–Crippen LogP) is 2.33. The second-order valence-corrected chi connectivity index (χ2v) is 4.61. The molecule has 2 amide bonds. The molecular weight excluding hydrogens is 273 g/mol. The molecule has 0 unspecified atom stereocenters. The van der Waals surface area contributed by atoms with Crippen LogP contribution in [-0.2, 0) is 4.79 Å². The third kappa shape index (κ3) is 3.97. The zero-order valence-electron chi connectivity index (χ0n) is 10.5. The first kappa shape index (κ1) is 14.4. The minimum absolute atomic E-state index is 0.0192. The minimum atomic E-state index is -4.47. The second-order valence-electron chi connectivity index (χ2n) is 4.61. The largest absolute Gasteiger partial charge is 0.405 e. The van der Waals surface area contributed by atoms with Crippen LogP contribution in [0, 0.1) is 5.92 Å². The van der Waals surface area contributed by atoms with Gasteiger partial charge >= 0.3 is 6.18 Å². The van der Waals surface area contributed by atoms with Crippen molar-refractivity contribution in [1.29, 1.82) is 0 Å². The number of anilines is 1. The van der Waals surface area contributed by atoms with Gasteiger partial charge in [0.05, 0.1) is 11.3 Å². The number of rotatable bonds is 4. The summed E-state index contributed by atoms with van der Waals surface area (Å²) < 4.78 is 36.2. The standard InChI is InChI=1S/C13H13F3N2O2/c14-13(15,16)7-17-12(20)9-3-1-2-4-10(9)18-11(19)8-5-6-8/h1-4,8H,5-7H2,(H,17,20)(H,18,19). The average molecular weight is 286 g/mol. The number of benzene rings is 1. The average Bonchev–Trinajstić information content (AvgIpc) is 3.20. The van der Waals surface area contributed by atoms with E-state index in [9.17, 15) is 22.8 Å². The number of hydrogen-bond donors (Lipinski definition) is 2. The molecule has 2 rings (SSSR count). The van der Waals surface area contributed by atoms with Gasteiger partial charge in [0, 0.05) is 5.92 Å². The van der Waals surface area contributed by atoms with Crippen molar-refractivity contribution in [3.63, 3.8) is 0 Å². The van der Waals surface area contributed by atoms with Crippen molar-refractivity contribution in [1.82, 2.24) is 5.32 Å². The Bertz CT molecular complexity index is 525. The van der Waals surface area contributed by atoms with Gasteiger partial charge in [0.2, 0.25) is 5.91 Å². The quantitative estimate of drug-likeness (QED) is 0.892. The lowest BCUT2D eigenvalue weighted by Crippen LogP contribution is -2.34. The summed E-state index contributed by atoms with van der Waals surface area (Å²) in [6.07, 6.45) is -2.87. The Morgan fingerprint density at radius 3 is 2.45 bits per heavy atom. The fraction of sp³-hybridized carbons (Fsp3) is 0.385. The summed E-state index contributed by atoms with van der Waals surface area (Å²) >= 11 is 0. The molecule has 0 heterocycles. The maximum atomic E-state index is 12.1. The lowest BCUT2D eigenvalue weighted by atomic mass is 10.1. The number of hydrogen-bond acceptors (Lipinski definition) is 2. The van der Waals surface area contributed by atoms with Crippen molar-refractivity contribution in [2.45, 2.75) is 19.0 Å². The highest BCUT2D eigenvalue weighted by Gasteiger charge is 2.31. The zero-order chi connectivity index (χ0) is 14.8. The molecule has 0 bridgehead atoms. The van der Waals surface area contributed by atoms with Crippen LogP contribution in [0.2, 0.25) is 0 Å². The summed E-state index contributed by atoms with van der Waals surface area (Å²) in [4.78, 5) is 23.4. The third-order valence-electron chi connectivity index (χ3n) is 2.83. The van der Waals surface area contributed by atoms with Crippen LogP contribution in [0.1, 0.15) is 23.2 Å². The molecule has 1 aromatic carbocycles. The molecule has 0 aromatic heterocycles. The molecule has 0 saturated heterocycles. The maximum absolute atomic E-state index is 12.1. The van der Waals surface area contributed by atoms with Crippen LogP contribution in [0.4, 0.5) is 18.9 Å². The molecular formula is C13H13F3N2O2.